The number of aryl methyl sites for hydroxylation is 2. The van der Waals surface area contributed by atoms with Crippen LogP contribution in [-0.4, -0.2) is 22.3 Å². The minimum absolute atomic E-state index is 0.0241. The molecule has 0 radical (unpaired) electrons. The fourth-order valence-corrected chi connectivity index (χ4v) is 1.66. The average molecular weight is 259 g/mol. The summed E-state index contributed by atoms with van der Waals surface area (Å²) in [7, 11) is 1.79. The zero-order chi connectivity index (χ0) is 13.7. The van der Waals surface area contributed by atoms with Crippen molar-refractivity contribution < 1.29 is 9.53 Å². The van der Waals surface area contributed by atoms with Crippen LogP contribution in [-0.2, 0) is 18.3 Å². The minimum atomic E-state index is -0.222. The number of amides is 1. The summed E-state index contributed by atoms with van der Waals surface area (Å²) in [6, 6.07) is 9.46. The summed E-state index contributed by atoms with van der Waals surface area (Å²) in [5, 5.41) is 6.73. The third kappa shape index (κ3) is 3.84. The molecule has 0 aliphatic heterocycles. The first-order chi connectivity index (χ1) is 9.17. The van der Waals surface area contributed by atoms with Crippen LogP contribution in [0.5, 0.6) is 5.75 Å². The first-order valence-corrected chi connectivity index (χ1v) is 6.18. The standard InChI is InChI=1S/C14H17N3O2/c1-3-11-5-4-6-12(9-11)19-10-14(18)15-13-7-8-17(2)16-13/h4-9H,3,10H2,1-2H3,(H,15,16,18). The Labute approximate surface area is 112 Å². The maximum Gasteiger partial charge on any atom is 0.263 e. The molecule has 0 unspecified atom stereocenters. The van der Waals surface area contributed by atoms with Gasteiger partial charge in [0, 0.05) is 19.3 Å². The Morgan fingerprint density at radius 1 is 1.42 bits per heavy atom. The van der Waals surface area contributed by atoms with E-state index in [4.69, 9.17) is 4.74 Å². The van der Waals surface area contributed by atoms with Crippen molar-refractivity contribution in [3.05, 3.63) is 42.1 Å². The van der Waals surface area contributed by atoms with Crippen molar-refractivity contribution in [1.29, 1.82) is 0 Å². The number of anilines is 1. The van der Waals surface area contributed by atoms with E-state index in [0.717, 1.165) is 6.42 Å². The van der Waals surface area contributed by atoms with Crippen LogP contribution in [0.25, 0.3) is 0 Å². The molecule has 2 aromatic rings. The van der Waals surface area contributed by atoms with Crippen LogP contribution in [0, 0.1) is 0 Å². The van der Waals surface area contributed by atoms with Gasteiger partial charge in [-0.25, -0.2) is 0 Å². The topological polar surface area (TPSA) is 56.1 Å². The molecule has 1 aromatic heterocycles. The van der Waals surface area contributed by atoms with Crippen molar-refractivity contribution in [3.63, 3.8) is 0 Å². The lowest BCUT2D eigenvalue weighted by Gasteiger charge is -2.07. The van der Waals surface area contributed by atoms with Crippen LogP contribution in [0.4, 0.5) is 5.82 Å². The zero-order valence-corrected chi connectivity index (χ0v) is 11.1. The molecule has 0 bridgehead atoms. The Morgan fingerprint density at radius 2 is 2.26 bits per heavy atom. The fourth-order valence-electron chi connectivity index (χ4n) is 1.66. The predicted molar refractivity (Wildman–Crippen MR) is 73.2 cm³/mol. The second-order valence-corrected chi connectivity index (χ2v) is 4.21. The van der Waals surface area contributed by atoms with Gasteiger partial charge in [0.25, 0.3) is 5.91 Å². The lowest BCUT2D eigenvalue weighted by Crippen LogP contribution is -2.20. The molecule has 1 N–H and O–H groups in total. The molecule has 0 aliphatic carbocycles. The minimum Gasteiger partial charge on any atom is -0.484 e. The number of aromatic nitrogens is 2. The summed E-state index contributed by atoms with van der Waals surface area (Å²) in [4.78, 5) is 11.7. The summed E-state index contributed by atoms with van der Waals surface area (Å²) < 4.78 is 7.07. The number of benzene rings is 1. The first kappa shape index (κ1) is 13.1. The van der Waals surface area contributed by atoms with Crippen molar-refractivity contribution in [2.45, 2.75) is 13.3 Å². The molecule has 0 saturated heterocycles. The van der Waals surface area contributed by atoms with Crippen LogP contribution >= 0.6 is 0 Å². The van der Waals surface area contributed by atoms with Gasteiger partial charge in [0.1, 0.15) is 5.75 Å². The van der Waals surface area contributed by atoms with E-state index in [2.05, 4.69) is 17.3 Å². The van der Waals surface area contributed by atoms with Crippen molar-refractivity contribution in [1.82, 2.24) is 9.78 Å². The van der Waals surface area contributed by atoms with Crippen LogP contribution in [0.1, 0.15) is 12.5 Å². The molecular weight excluding hydrogens is 242 g/mol. The van der Waals surface area contributed by atoms with E-state index in [1.54, 1.807) is 24.0 Å². The molecular formula is C14H17N3O2. The Bertz CT molecular complexity index is 563. The van der Waals surface area contributed by atoms with E-state index in [1.807, 2.05) is 24.3 Å². The van der Waals surface area contributed by atoms with Gasteiger partial charge in [0.15, 0.2) is 12.4 Å². The number of nitrogens with zero attached hydrogens (tertiary/aromatic N) is 2. The van der Waals surface area contributed by atoms with E-state index in [1.165, 1.54) is 5.56 Å². The number of nitrogens with one attached hydrogen (secondary N) is 1. The van der Waals surface area contributed by atoms with Crippen LogP contribution in [0.15, 0.2) is 36.5 Å². The molecule has 100 valence electrons. The van der Waals surface area contributed by atoms with Gasteiger partial charge in [-0.1, -0.05) is 19.1 Å². The molecule has 19 heavy (non-hydrogen) atoms. The molecule has 1 heterocycles. The molecule has 5 heteroatoms. The Kier molecular flexibility index (Phi) is 4.18. The Hall–Kier alpha value is -2.30. The van der Waals surface area contributed by atoms with Crippen LogP contribution < -0.4 is 10.1 Å². The van der Waals surface area contributed by atoms with Crippen molar-refractivity contribution >= 4 is 11.7 Å². The van der Waals surface area contributed by atoms with Crippen molar-refractivity contribution in [2.24, 2.45) is 7.05 Å². The second kappa shape index (κ2) is 6.04. The molecule has 1 aromatic carbocycles. The van der Waals surface area contributed by atoms with E-state index >= 15 is 0 Å². The molecule has 0 fully saturated rings. The zero-order valence-electron chi connectivity index (χ0n) is 11.1. The summed E-state index contributed by atoms with van der Waals surface area (Å²) in [5.41, 5.74) is 1.18. The maximum absolute atomic E-state index is 11.7. The SMILES string of the molecule is CCc1cccc(OCC(=O)Nc2ccn(C)n2)c1. The molecule has 0 spiro atoms. The molecule has 0 atom stereocenters. The predicted octanol–water partition coefficient (Wildman–Crippen LogP) is 2.00. The molecule has 1 amide bonds. The number of ether oxygens (including phenoxy) is 1. The number of hydrogen-bond donors (Lipinski definition) is 1. The highest BCUT2D eigenvalue weighted by Crippen LogP contribution is 2.13. The van der Waals surface area contributed by atoms with Gasteiger partial charge in [0.05, 0.1) is 0 Å². The van der Waals surface area contributed by atoms with Crippen LogP contribution in [0.2, 0.25) is 0 Å². The van der Waals surface area contributed by atoms with E-state index in [9.17, 15) is 4.79 Å². The first-order valence-electron chi connectivity index (χ1n) is 6.18. The van der Waals surface area contributed by atoms with Crippen LogP contribution in [0.3, 0.4) is 0 Å². The van der Waals surface area contributed by atoms with Gasteiger partial charge in [-0.15, -0.1) is 0 Å². The number of hydrogen-bond acceptors (Lipinski definition) is 3. The number of rotatable bonds is 5. The number of carbonyl (C=O) groups excluding carboxylic acids is 1. The lowest BCUT2D eigenvalue weighted by molar-refractivity contribution is -0.118. The summed E-state index contributed by atoms with van der Waals surface area (Å²) in [5.74, 6) is 1.01. The van der Waals surface area contributed by atoms with Gasteiger partial charge in [-0.3, -0.25) is 9.48 Å². The molecule has 2 rings (SSSR count). The Balaban J connectivity index is 1.86. The summed E-state index contributed by atoms with van der Waals surface area (Å²) in [6.45, 7) is 2.05. The van der Waals surface area contributed by atoms with Crippen molar-refractivity contribution in [2.75, 3.05) is 11.9 Å². The maximum atomic E-state index is 11.7. The molecule has 0 aliphatic rings. The lowest BCUT2D eigenvalue weighted by atomic mass is 10.2. The quantitative estimate of drug-likeness (QED) is 0.893. The second-order valence-electron chi connectivity index (χ2n) is 4.21. The fraction of sp³-hybridized carbons (Fsp3) is 0.286. The monoisotopic (exact) mass is 259 g/mol. The van der Waals surface area contributed by atoms with Gasteiger partial charge < -0.3 is 10.1 Å². The smallest absolute Gasteiger partial charge is 0.263 e. The highest BCUT2D eigenvalue weighted by atomic mass is 16.5. The highest BCUT2D eigenvalue weighted by molar-refractivity contribution is 5.90. The third-order valence-corrected chi connectivity index (χ3v) is 2.66. The summed E-state index contributed by atoms with van der Waals surface area (Å²) in [6.07, 6.45) is 2.71. The normalized spacial score (nSPS) is 10.2. The van der Waals surface area contributed by atoms with Crippen molar-refractivity contribution in [3.8, 4) is 5.75 Å². The van der Waals surface area contributed by atoms with E-state index in [-0.39, 0.29) is 12.5 Å². The number of carbonyl (C=O) groups is 1. The van der Waals surface area contributed by atoms with Gasteiger partial charge in [-0.2, -0.15) is 5.10 Å². The molecule has 5 nitrogen and oxygen atoms in total. The highest BCUT2D eigenvalue weighted by Gasteiger charge is 2.05. The third-order valence-electron chi connectivity index (χ3n) is 2.66. The average Bonchev–Trinajstić information content (AvgIpc) is 2.82. The van der Waals surface area contributed by atoms with Gasteiger partial charge in [0.2, 0.25) is 0 Å². The van der Waals surface area contributed by atoms with Gasteiger partial charge in [-0.05, 0) is 24.1 Å². The largest absolute Gasteiger partial charge is 0.484 e. The van der Waals surface area contributed by atoms with E-state index in [0.29, 0.717) is 11.6 Å². The molecule has 0 saturated carbocycles. The van der Waals surface area contributed by atoms with Gasteiger partial charge >= 0.3 is 0 Å². The Morgan fingerprint density at radius 3 is 2.95 bits per heavy atom. The summed E-state index contributed by atoms with van der Waals surface area (Å²) >= 11 is 0. The van der Waals surface area contributed by atoms with E-state index < -0.39 is 0 Å².